The van der Waals surface area contributed by atoms with Crippen molar-refractivity contribution < 1.29 is 4.21 Å². The summed E-state index contributed by atoms with van der Waals surface area (Å²) in [4.78, 5) is 0.544. The molecule has 94 valence electrons. The maximum absolute atomic E-state index is 12.3. The van der Waals surface area contributed by atoms with Gasteiger partial charge in [0.1, 0.15) is 0 Å². The van der Waals surface area contributed by atoms with Crippen molar-refractivity contribution in [2.75, 3.05) is 5.73 Å². The van der Waals surface area contributed by atoms with Gasteiger partial charge in [0.2, 0.25) is 0 Å². The number of benzene rings is 2. The molecule has 0 fully saturated rings. The molecule has 0 aliphatic heterocycles. The minimum absolute atomic E-state index is 0.324. The first-order valence-electron chi connectivity index (χ1n) is 5.25. The molecule has 2 aromatic carbocycles. The minimum Gasteiger partial charge on any atom is -0.398 e. The molecule has 0 spiro atoms. The standard InChI is InChI=1S/C13H11Cl2NOS/c14-10-5-6-12(16)13(7-10)18(17)8-9-3-1-2-4-11(9)15/h1-7H,8,16H2. The summed E-state index contributed by atoms with van der Waals surface area (Å²) in [5, 5.41) is 1.12. The Labute approximate surface area is 118 Å². The van der Waals surface area contributed by atoms with Crippen molar-refractivity contribution >= 4 is 39.7 Å². The van der Waals surface area contributed by atoms with Crippen LogP contribution < -0.4 is 5.73 Å². The van der Waals surface area contributed by atoms with Gasteiger partial charge in [-0.3, -0.25) is 4.21 Å². The summed E-state index contributed by atoms with van der Waals surface area (Å²) in [7, 11) is -1.26. The smallest absolute Gasteiger partial charge is 0.0635 e. The minimum atomic E-state index is -1.26. The third kappa shape index (κ3) is 3.05. The molecule has 0 bridgehead atoms. The summed E-state index contributed by atoms with van der Waals surface area (Å²) in [6.07, 6.45) is 0. The summed E-state index contributed by atoms with van der Waals surface area (Å²) in [5.74, 6) is 0.324. The topological polar surface area (TPSA) is 43.1 Å². The molecule has 0 radical (unpaired) electrons. The van der Waals surface area contributed by atoms with Gasteiger partial charge in [-0.1, -0.05) is 41.4 Å². The molecule has 0 aliphatic carbocycles. The van der Waals surface area contributed by atoms with E-state index in [0.29, 0.717) is 26.4 Å². The van der Waals surface area contributed by atoms with Gasteiger partial charge in [0.15, 0.2) is 0 Å². The van der Waals surface area contributed by atoms with E-state index in [2.05, 4.69) is 0 Å². The van der Waals surface area contributed by atoms with Gasteiger partial charge < -0.3 is 5.73 Å². The maximum atomic E-state index is 12.3. The second-order valence-corrected chi connectivity index (χ2v) is 6.03. The molecule has 5 heteroatoms. The molecular formula is C13H11Cl2NOS. The molecular weight excluding hydrogens is 289 g/mol. The zero-order valence-electron chi connectivity index (χ0n) is 9.40. The molecule has 0 aromatic heterocycles. The number of hydrogen-bond acceptors (Lipinski definition) is 2. The number of anilines is 1. The fourth-order valence-electron chi connectivity index (χ4n) is 1.54. The van der Waals surface area contributed by atoms with Crippen LogP contribution in [0.3, 0.4) is 0 Å². The first-order chi connectivity index (χ1) is 8.58. The molecule has 0 aliphatic rings. The number of halogens is 2. The Balaban J connectivity index is 2.28. The highest BCUT2D eigenvalue weighted by atomic mass is 35.5. The van der Waals surface area contributed by atoms with Crippen molar-refractivity contribution in [1.82, 2.24) is 0 Å². The Bertz CT molecular complexity index is 601. The largest absolute Gasteiger partial charge is 0.398 e. The number of nitrogen functional groups attached to an aromatic ring is 1. The highest BCUT2D eigenvalue weighted by Crippen LogP contribution is 2.25. The van der Waals surface area contributed by atoms with E-state index in [1.165, 1.54) is 0 Å². The Morgan fingerprint density at radius 3 is 2.56 bits per heavy atom. The molecule has 2 nitrogen and oxygen atoms in total. The highest BCUT2D eigenvalue weighted by molar-refractivity contribution is 7.84. The van der Waals surface area contributed by atoms with E-state index in [-0.39, 0.29) is 0 Å². The van der Waals surface area contributed by atoms with Gasteiger partial charge in [0.25, 0.3) is 0 Å². The van der Waals surface area contributed by atoms with Crippen LogP contribution >= 0.6 is 23.2 Å². The van der Waals surface area contributed by atoms with Crippen molar-refractivity contribution in [3.8, 4) is 0 Å². The molecule has 1 unspecified atom stereocenters. The predicted molar refractivity (Wildman–Crippen MR) is 77.4 cm³/mol. The molecule has 2 N–H and O–H groups in total. The van der Waals surface area contributed by atoms with Crippen molar-refractivity contribution in [3.63, 3.8) is 0 Å². The van der Waals surface area contributed by atoms with E-state index in [4.69, 9.17) is 28.9 Å². The highest BCUT2D eigenvalue weighted by Gasteiger charge is 2.11. The van der Waals surface area contributed by atoms with Crippen LogP contribution in [0.2, 0.25) is 10.0 Å². The van der Waals surface area contributed by atoms with Gasteiger partial charge in [-0.05, 0) is 29.8 Å². The third-order valence-corrected chi connectivity index (χ3v) is 4.49. The first kappa shape index (κ1) is 13.4. The lowest BCUT2D eigenvalue weighted by molar-refractivity contribution is 0.683. The van der Waals surface area contributed by atoms with Crippen molar-refractivity contribution in [3.05, 3.63) is 58.1 Å². The second kappa shape index (κ2) is 5.74. The molecule has 18 heavy (non-hydrogen) atoms. The molecule has 1 atom stereocenters. The van der Waals surface area contributed by atoms with E-state index in [0.717, 1.165) is 5.56 Å². The van der Waals surface area contributed by atoms with Crippen molar-refractivity contribution in [2.45, 2.75) is 10.6 Å². The normalized spacial score (nSPS) is 12.3. The van der Waals surface area contributed by atoms with E-state index in [9.17, 15) is 4.21 Å². The zero-order chi connectivity index (χ0) is 13.1. The fraction of sp³-hybridized carbons (Fsp3) is 0.0769. The molecule has 0 heterocycles. The number of hydrogen-bond donors (Lipinski definition) is 1. The lowest BCUT2D eigenvalue weighted by Gasteiger charge is -2.07. The van der Waals surface area contributed by atoms with Gasteiger partial charge in [0.05, 0.1) is 21.4 Å². The summed E-state index contributed by atoms with van der Waals surface area (Å²) >= 11 is 11.9. The van der Waals surface area contributed by atoms with Gasteiger partial charge in [0, 0.05) is 15.7 Å². The Morgan fingerprint density at radius 2 is 1.83 bits per heavy atom. The van der Waals surface area contributed by atoms with Crippen LogP contribution in [-0.4, -0.2) is 4.21 Å². The van der Waals surface area contributed by atoms with Crippen LogP contribution in [0.1, 0.15) is 5.56 Å². The summed E-state index contributed by atoms with van der Waals surface area (Å²) < 4.78 is 12.3. The van der Waals surface area contributed by atoms with Gasteiger partial charge in [-0.25, -0.2) is 0 Å². The van der Waals surface area contributed by atoms with Crippen LogP contribution in [0, 0.1) is 0 Å². The van der Waals surface area contributed by atoms with Crippen molar-refractivity contribution in [1.29, 1.82) is 0 Å². The van der Waals surface area contributed by atoms with E-state index in [1.54, 1.807) is 24.3 Å². The molecule has 2 rings (SSSR count). The quantitative estimate of drug-likeness (QED) is 0.874. The summed E-state index contributed by atoms with van der Waals surface area (Å²) in [6, 6.07) is 12.3. The Hall–Kier alpha value is -1.03. The van der Waals surface area contributed by atoms with E-state index < -0.39 is 10.8 Å². The maximum Gasteiger partial charge on any atom is 0.0635 e. The molecule has 0 saturated heterocycles. The Kier molecular flexibility index (Phi) is 4.27. The monoisotopic (exact) mass is 299 g/mol. The van der Waals surface area contributed by atoms with Gasteiger partial charge >= 0.3 is 0 Å². The Morgan fingerprint density at radius 1 is 1.11 bits per heavy atom. The van der Waals surface area contributed by atoms with Crippen LogP contribution in [-0.2, 0) is 16.6 Å². The van der Waals surface area contributed by atoms with Crippen molar-refractivity contribution in [2.24, 2.45) is 0 Å². The van der Waals surface area contributed by atoms with Crippen LogP contribution in [0.5, 0.6) is 0 Å². The first-order valence-corrected chi connectivity index (χ1v) is 7.32. The predicted octanol–water partition coefficient (Wildman–Crippen LogP) is 3.88. The molecule has 2 aromatic rings. The summed E-state index contributed by atoms with van der Waals surface area (Å²) in [6.45, 7) is 0. The number of nitrogens with two attached hydrogens (primary N) is 1. The fourth-order valence-corrected chi connectivity index (χ4v) is 3.34. The second-order valence-electron chi connectivity index (χ2n) is 3.76. The molecule has 0 amide bonds. The van der Waals surface area contributed by atoms with Gasteiger partial charge in [-0.2, -0.15) is 0 Å². The summed E-state index contributed by atoms with van der Waals surface area (Å²) in [5.41, 5.74) is 7.10. The SMILES string of the molecule is Nc1ccc(Cl)cc1S(=O)Cc1ccccc1Cl. The lowest BCUT2D eigenvalue weighted by atomic mass is 10.2. The van der Waals surface area contributed by atoms with Crippen LogP contribution in [0.15, 0.2) is 47.4 Å². The van der Waals surface area contributed by atoms with Crippen LogP contribution in [0.4, 0.5) is 5.69 Å². The average molecular weight is 300 g/mol. The average Bonchev–Trinajstić information content (AvgIpc) is 2.35. The van der Waals surface area contributed by atoms with E-state index in [1.807, 2.05) is 18.2 Å². The molecule has 0 saturated carbocycles. The number of rotatable bonds is 3. The third-order valence-electron chi connectivity index (χ3n) is 2.47. The van der Waals surface area contributed by atoms with Gasteiger partial charge in [-0.15, -0.1) is 0 Å². The van der Waals surface area contributed by atoms with E-state index >= 15 is 0 Å². The zero-order valence-corrected chi connectivity index (χ0v) is 11.7. The van der Waals surface area contributed by atoms with Crippen LogP contribution in [0.25, 0.3) is 0 Å². The lowest BCUT2D eigenvalue weighted by Crippen LogP contribution is -2.01.